The Labute approximate surface area is 211 Å². The lowest BCUT2D eigenvalue weighted by molar-refractivity contribution is -0.108. The first kappa shape index (κ1) is 26.7. The lowest BCUT2D eigenvalue weighted by Crippen LogP contribution is -2.53. The van der Waals surface area contributed by atoms with Crippen LogP contribution in [-0.2, 0) is 4.74 Å². The molecular formula is C32H56O2. The molecule has 4 aliphatic rings. The van der Waals surface area contributed by atoms with Gasteiger partial charge in [-0.1, -0.05) is 53.2 Å². The van der Waals surface area contributed by atoms with Gasteiger partial charge in [0.15, 0.2) is 0 Å². The Kier molecular flexibility index (Phi) is 7.23. The highest BCUT2D eigenvalue weighted by molar-refractivity contribution is 5.25. The van der Waals surface area contributed by atoms with Gasteiger partial charge in [-0.2, -0.15) is 0 Å². The van der Waals surface area contributed by atoms with Crippen LogP contribution in [0.3, 0.4) is 0 Å². The van der Waals surface area contributed by atoms with Crippen LogP contribution >= 0.6 is 0 Å². The van der Waals surface area contributed by atoms with Crippen molar-refractivity contribution in [2.75, 3.05) is 0 Å². The smallest absolute Gasteiger partial charge is 0.0619 e. The molecule has 3 saturated carbocycles. The second-order valence-electron chi connectivity index (χ2n) is 15.3. The van der Waals surface area contributed by atoms with Gasteiger partial charge in [-0.15, -0.1) is 0 Å². The van der Waals surface area contributed by atoms with Gasteiger partial charge in [0.25, 0.3) is 0 Å². The van der Waals surface area contributed by atoms with E-state index in [-0.39, 0.29) is 17.1 Å². The van der Waals surface area contributed by atoms with Crippen LogP contribution in [-0.4, -0.2) is 22.9 Å². The largest absolute Gasteiger partial charge is 0.393 e. The van der Waals surface area contributed by atoms with E-state index in [9.17, 15) is 5.11 Å². The van der Waals surface area contributed by atoms with Gasteiger partial charge in [-0.25, -0.2) is 0 Å². The van der Waals surface area contributed by atoms with Crippen molar-refractivity contribution in [2.45, 2.75) is 144 Å². The van der Waals surface area contributed by atoms with Crippen LogP contribution < -0.4 is 0 Å². The minimum atomic E-state index is -0.179. The molecule has 3 fully saturated rings. The van der Waals surface area contributed by atoms with Crippen LogP contribution in [0.25, 0.3) is 0 Å². The van der Waals surface area contributed by atoms with E-state index in [1.807, 2.05) is 0 Å². The first-order valence-electron chi connectivity index (χ1n) is 14.7. The molecule has 0 amide bonds. The van der Waals surface area contributed by atoms with Crippen LogP contribution in [0.2, 0.25) is 0 Å². The fraction of sp³-hybridized carbons (Fsp3) is 0.938. The molecule has 0 aromatic heterocycles. The molecule has 5 unspecified atom stereocenters. The molecule has 0 bridgehead atoms. The Bertz CT molecular complexity index is 757. The van der Waals surface area contributed by atoms with Crippen molar-refractivity contribution in [3.05, 3.63) is 11.6 Å². The lowest BCUT2D eigenvalue weighted by atomic mass is 9.46. The predicted octanol–water partition coefficient (Wildman–Crippen LogP) is 8.57. The van der Waals surface area contributed by atoms with E-state index >= 15 is 0 Å². The second kappa shape index (κ2) is 9.20. The monoisotopic (exact) mass is 472 g/mol. The van der Waals surface area contributed by atoms with Gasteiger partial charge < -0.3 is 9.84 Å². The molecule has 34 heavy (non-hydrogen) atoms. The zero-order valence-corrected chi connectivity index (χ0v) is 24.0. The molecule has 0 aromatic carbocycles. The Balaban J connectivity index is 1.51. The fourth-order valence-corrected chi connectivity index (χ4v) is 9.55. The van der Waals surface area contributed by atoms with E-state index in [1.165, 1.54) is 44.9 Å². The molecule has 196 valence electrons. The number of aliphatic hydroxyl groups excluding tert-OH is 1. The van der Waals surface area contributed by atoms with E-state index in [2.05, 4.69) is 68.4 Å². The van der Waals surface area contributed by atoms with Crippen molar-refractivity contribution in [2.24, 2.45) is 45.8 Å². The van der Waals surface area contributed by atoms with E-state index in [1.54, 1.807) is 5.57 Å². The standard InChI is InChI=1S/C32H56O2/c1-21(2)10-15-28(33)30(6,7)27-14-13-25-24-12-11-22-20-23(34-29(3,4)5)16-18-31(22,8)26(24)17-19-32(25,27)9/h11,21,23-28,33H,10,12-20H2,1-9H3/t23?,24?,25?,26?,27?,28-,31-,32-/m1/s1. The molecule has 4 aliphatic carbocycles. The summed E-state index contributed by atoms with van der Waals surface area (Å²) in [4.78, 5) is 0. The molecule has 2 nitrogen and oxygen atoms in total. The molecule has 0 aromatic rings. The minimum Gasteiger partial charge on any atom is -0.393 e. The number of aliphatic hydroxyl groups is 1. The molecule has 2 heteroatoms. The maximum atomic E-state index is 11.3. The molecular weight excluding hydrogens is 416 g/mol. The van der Waals surface area contributed by atoms with E-state index in [0.717, 1.165) is 37.0 Å². The van der Waals surface area contributed by atoms with Crippen LogP contribution in [0.15, 0.2) is 11.6 Å². The maximum absolute atomic E-state index is 11.3. The number of allylic oxidation sites excluding steroid dienone is 1. The van der Waals surface area contributed by atoms with E-state index in [4.69, 9.17) is 4.74 Å². The Morgan fingerprint density at radius 2 is 1.68 bits per heavy atom. The fourth-order valence-electron chi connectivity index (χ4n) is 9.55. The van der Waals surface area contributed by atoms with Gasteiger partial charge in [0.2, 0.25) is 0 Å². The third kappa shape index (κ3) is 4.69. The van der Waals surface area contributed by atoms with Crippen LogP contribution in [0.5, 0.6) is 0 Å². The molecule has 0 aliphatic heterocycles. The van der Waals surface area contributed by atoms with Crippen molar-refractivity contribution in [3.8, 4) is 0 Å². The second-order valence-corrected chi connectivity index (χ2v) is 15.3. The topological polar surface area (TPSA) is 29.5 Å². The molecule has 0 radical (unpaired) electrons. The first-order valence-corrected chi connectivity index (χ1v) is 14.7. The number of ether oxygens (including phenoxy) is 1. The Morgan fingerprint density at radius 3 is 2.32 bits per heavy atom. The first-order chi connectivity index (χ1) is 15.7. The van der Waals surface area contributed by atoms with E-state index in [0.29, 0.717) is 28.8 Å². The normalized spacial score (nSPS) is 41.5. The van der Waals surface area contributed by atoms with Gasteiger partial charge in [-0.3, -0.25) is 0 Å². The highest BCUT2D eigenvalue weighted by Gasteiger charge is 2.61. The highest BCUT2D eigenvalue weighted by atomic mass is 16.5. The third-order valence-electron chi connectivity index (χ3n) is 11.4. The molecule has 4 rings (SSSR count). The summed E-state index contributed by atoms with van der Waals surface area (Å²) in [5.41, 5.74) is 2.45. The van der Waals surface area contributed by atoms with Crippen molar-refractivity contribution in [1.82, 2.24) is 0 Å². The predicted molar refractivity (Wildman–Crippen MR) is 144 cm³/mol. The van der Waals surface area contributed by atoms with Crippen molar-refractivity contribution < 1.29 is 9.84 Å². The van der Waals surface area contributed by atoms with Crippen LogP contribution in [0.1, 0.15) is 127 Å². The maximum Gasteiger partial charge on any atom is 0.0619 e. The average Bonchev–Trinajstić information content (AvgIpc) is 3.09. The molecule has 1 N–H and O–H groups in total. The minimum absolute atomic E-state index is 0.00709. The number of hydrogen-bond acceptors (Lipinski definition) is 2. The van der Waals surface area contributed by atoms with Gasteiger partial charge in [0.1, 0.15) is 0 Å². The average molecular weight is 473 g/mol. The summed E-state index contributed by atoms with van der Waals surface area (Å²) >= 11 is 0. The summed E-state index contributed by atoms with van der Waals surface area (Å²) in [7, 11) is 0. The molecule has 0 heterocycles. The van der Waals surface area contributed by atoms with Gasteiger partial charge in [-0.05, 0) is 131 Å². The zero-order chi connectivity index (χ0) is 25.1. The van der Waals surface area contributed by atoms with Gasteiger partial charge in [0, 0.05) is 0 Å². The third-order valence-corrected chi connectivity index (χ3v) is 11.4. The summed E-state index contributed by atoms with van der Waals surface area (Å²) in [6.45, 7) is 21.2. The highest BCUT2D eigenvalue weighted by Crippen LogP contribution is 2.68. The van der Waals surface area contributed by atoms with Crippen molar-refractivity contribution in [1.29, 1.82) is 0 Å². The molecule has 8 atom stereocenters. The lowest BCUT2D eigenvalue weighted by Gasteiger charge is -2.59. The summed E-state index contributed by atoms with van der Waals surface area (Å²) in [6.07, 6.45) is 15.3. The SMILES string of the molecule is CC(C)CC[C@@H](O)C(C)(C)C1CCC2C3CC=C4CC(OC(C)(C)C)CC[C@@]4(C)C3CC[C@]21C. The van der Waals surface area contributed by atoms with E-state index < -0.39 is 0 Å². The van der Waals surface area contributed by atoms with Crippen molar-refractivity contribution in [3.63, 3.8) is 0 Å². The number of rotatable bonds is 6. The van der Waals surface area contributed by atoms with Gasteiger partial charge >= 0.3 is 0 Å². The van der Waals surface area contributed by atoms with Gasteiger partial charge in [0.05, 0.1) is 17.8 Å². The Morgan fingerprint density at radius 1 is 0.971 bits per heavy atom. The van der Waals surface area contributed by atoms with Crippen molar-refractivity contribution >= 4 is 0 Å². The summed E-state index contributed by atoms with van der Waals surface area (Å²) < 4.78 is 6.44. The van der Waals surface area contributed by atoms with Crippen LogP contribution in [0, 0.1) is 45.8 Å². The molecule has 0 spiro atoms. The summed E-state index contributed by atoms with van der Waals surface area (Å²) in [5.74, 6) is 3.81. The number of fused-ring (bicyclic) bond motifs is 5. The zero-order valence-electron chi connectivity index (χ0n) is 24.0. The summed E-state index contributed by atoms with van der Waals surface area (Å²) in [5, 5.41) is 11.3. The number of hydrogen-bond donors (Lipinski definition) is 1. The quantitative estimate of drug-likeness (QED) is 0.392. The molecule has 0 saturated heterocycles. The van der Waals surface area contributed by atoms with Crippen LogP contribution in [0.4, 0.5) is 0 Å². The Hall–Kier alpha value is -0.340. The summed E-state index contributed by atoms with van der Waals surface area (Å²) in [6, 6.07) is 0.